The number of carboxylic acids is 1. The molecule has 0 fully saturated rings. The number of aromatic nitrogens is 1. The predicted octanol–water partition coefficient (Wildman–Crippen LogP) is 2.45. The minimum Gasteiger partial charge on any atom is -0.480 e. The van der Waals surface area contributed by atoms with Crippen molar-refractivity contribution >= 4 is 5.97 Å². The molecule has 1 rings (SSSR count). The zero-order chi connectivity index (χ0) is 13.6. The fraction of sp³-hybridized carbons (Fsp3) is 0.571. The number of nitrogens with one attached hydrogen (secondary N) is 1. The van der Waals surface area contributed by atoms with Gasteiger partial charge < -0.3 is 10.4 Å². The smallest absolute Gasteiger partial charge is 0.320 e. The maximum atomic E-state index is 11.2. The normalized spacial score (nSPS) is 13.3. The van der Waals surface area contributed by atoms with E-state index in [1.807, 2.05) is 12.1 Å². The van der Waals surface area contributed by atoms with E-state index in [2.05, 4.69) is 31.1 Å². The summed E-state index contributed by atoms with van der Waals surface area (Å²) >= 11 is 0. The topological polar surface area (TPSA) is 62.2 Å². The summed E-state index contributed by atoms with van der Waals surface area (Å²) in [6, 6.07) is 3.29. The highest BCUT2D eigenvalue weighted by Crippen LogP contribution is 2.21. The Morgan fingerprint density at radius 2 is 2.22 bits per heavy atom. The third-order valence-corrected chi connectivity index (χ3v) is 2.76. The van der Waals surface area contributed by atoms with Crippen LogP contribution in [0.4, 0.5) is 0 Å². The van der Waals surface area contributed by atoms with Crippen molar-refractivity contribution in [2.45, 2.75) is 46.2 Å². The summed E-state index contributed by atoms with van der Waals surface area (Å²) in [5.41, 5.74) is 1.16. The molecular weight excluding hydrogens is 228 g/mol. The summed E-state index contributed by atoms with van der Waals surface area (Å²) in [4.78, 5) is 15.2. The lowest BCUT2D eigenvalue weighted by molar-refractivity contribution is -0.139. The molecule has 0 aromatic carbocycles. The molecule has 0 saturated heterocycles. The van der Waals surface area contributed by atoms with Crippen molar-refractivity contribution in [1.82, 2.24) is 10.3 Å². The number of hydrogen-bond acceptors (Lipinski definition) is 3. The van der Waals surface area contributed by atoms with E-state index in [-0.39, 0.29) is 5.41 Å². The molecule has 0 bridgehead atoms. The van der Waals surface area contributed by atoms with E-state index in [9.17, 15) is 4.79 Å². The van der Waals surface area contributed by atoms with E-state index in [0.29, 0.717) is 13.0 Å². The molecule has 0 aliphatic carbocycles. The van der Waals surface area contributed by atoms with Gasteiger partial charge in [-0.15, -0.1) is 0 Å². The van der Waals surface area contributed by atoms with Crippen LogP contribution in [0.2, 0.25) is 0 Å². The molecule has 1 atom stereocenters. The Labute approximate surface area is 108 Å². The lowest BCUT2D eigenvalue weighted by Gasteiger charge is -2.21. The Morgan fingerprint density at radius 3 is 2.72 bits per heavy atom. The van der Waals surface area contributed by atoms with E-state index in [1.54, 1.807) is 12.4 Å². The summed E-state index contributed by atoms with van der Waals surface area (Å²) in [5, 5.41) is 12.2. The van der Waals surface area contributed by atoms with Gasteiger partial charge in [0.05, 0.1) is 0 Å². The van der Waals surface area contributed by atoms with Gasteiger partial charge in [0, 0.05) is 18.9 Å². The van der Waals surface area contributed by atoms with Crippen LogP contribution in [-0.2, 0) is 11.3 Å². The van der Waals surface area contributed by atoms with Crippen molar-refractivity contribution < 1.29 is 9.90 Å². The number of carbonyl (C=O) groups is 1. The van der Waals surface area contributed by atoms with Crippen molar-refractivity contribution in [3.05, 3.63) is 30.1 Å². The fourth-order valence-corrected chi connectivity index (χ4v) is 1.63. The Hall–Kier alpha value is -1.42. The molecule has 0 amide bonds. The van der Waals surface area contributed by atoms with E-state index in [0.717, 1.165) is 12.0 Å². The van der Waals surface area contributed by atoms with Gasteiger partial charge in [-0.1, -0.05) is 26.8 Å². The summed E-state index contributed by atoms with van der Waals surface area (Å²) < 4.78 is 0. The molecule has 1 heterocycles. The highest BCUT2D eigenvalue weighted by Gasteiger charge is 2.20. The van der Waals surface area contributed by atoms with Crippen LogP contribution in [0.3, 0.4) is 0 Å². The molecule has 0 saturated carbocycles. The van der Waals surface area contributed by atoms with Gasteiger partial charge in [-0.3, -0.25) is 9.78 Å². The van der Waals surface area contributed by atoms with Gasteiger partial charge in [0.1, 0.15) is 6.04 Å². The summed E-state index contributed by atoms with van der Waals surface area (Å²) in [5.74, 6) is -0.789. The van der Waals surface area contributed by atoms with Crippen LogP contribution in [0, 0.1) is 5.41 Å². The SMILES string of the molecule is CC(C)(C)CC[C@H](NCc1cccnc1)C(=O)O. The largest absolute Gasteiger partial charge is 0.480 e. The van der Waals surface area contributed by atoms with Crippen molar-refractivity contribution in [3.63, 3.8) is 0 Å². The van der Waals surface area contributed by atoms with E-state index < -0.39 is 12.0 Å². The molecule has 2 N–H and O–H groups in total. The van der Waals surface area contributed by atoms with Gasteiger partial charge in [-0.25, -0.2) is 0 Å². The first kappa shape index (κ1) is 14.6. The monoisotopic (exact) mass is 250 g/mol. The number of rotatable bonds is 6. The Kier molecular flexibility index (Phi) is 5.28. The van der Waals surface area contributed by atoms with E-state index >= 15 is 0 Å². The standard InChI is InChI=1S/C14H22N2O2/c1-14(2,3)7-6-12(13(17)18)16-10-11-5-4-8-15-9-11/h4-5,8-9,12,16H,6-7,10H2,1-3H3,(H,17,18)/t12-/m0/s1. The Bertz CT molecular complexity index is 371. The van der Waals surface area contributed by atoms with Crippen molar-refractivity contribution in [2.75, 3.05) is 0 Å². The van der Waals surface area contributed by atoms with E-state index in [1.165, 1.54) is 0 Å². The lowest BCUT2D eigenvalue weighted by atomic mass is 9.88. The molecule has 4 heteroatoms. The summed E-state index contributed by atoms with van der Waals surface area (Å²) in [6.45, 7) is 6.89. The minimum absolute atomic E-state index is 0.156. The van der Waals surface area contributed by atoms with Crippen LogP contribution in [-0.4, -0.2) is 22.1 Å². The molecule has 1 aromatic heterocycles. The van der Waals surface area contributed by atoms with E-state index in [4.69, 9.17) is 5.11 Å². The number of aliphatic carboxylic acids is 1. The lowest BCUT2D eigenvalue weighted by Crippen LogP contribution is -2.37. The minimum atomic E-state index is -0.789. The van der Waals surface area contributed by atoms with Crippen molar-refractivity contribution in [1.29, 1.82) is 0 Å². The number of carboxylic acid groups (broad SMARTS) is 1. The summed E-state index contributed by atoms with van der Waals surface area (Å²) in [7, 11) is 0. The second-order valence-electron chi connectivity index (χ2n) is 5.73. The zero-order valence-electron chi connectivity index (χ0n) is 11.3. The molecule has 0 unspecified atom stereocenters. The number of pyridine rings is 1. The number of hydrogen-bond donors (Lipinski definition) is 2. The maximum absolute atomic E-state index is 11.2. The van der Waals surface area contributed by atoms with Crippen LogP contribution < -0.4 is 5.32 Å². The van der Waals surface area contributed by atoms with Gasteiger partial charge in [0.2, 0.25) is 0 Å². The molecule has 100 valence electrons. The van der Waals surface area contributed by atoms with Gasteiger partial charge in [-0.05, 0) is 29.9 Å². The van der Waals surface area contributed by atoms with Crippen LogP contribution in [0.25, 0.3) is 0 Å². The van der Waals surface area contributed by atoms with Crippen LogP contribution >= 0.6 is 0 Å². The molecule has 18 heavy (non-hydrogen) atoms. The Balaban J connectivity index is 2.46. The first-order valence-electron chi connectivity index (χ1n) is 6.23. The van der Waals surface area contributed by atoms with Gasteiger partial charge in [0.15, 0.2) is 0 Å². The number of nitrogens with zero attached hydrogens (tertiary/aromatic N) is 1. The first-order valence-corrected chi connectivity index (χ1v) is 6.23. The summed E-state index contributed by atoms with van der Waals surface area (Å²) in [6.07, 6.45) is 4.97. The quantitative estimate of drug-likeness (QED) is 0.814. The van der Waals surface area contributed by atoms with Gasteiger partial charge in [-0.2, -0.15) is 0 Å². The maximum Gasteiger partial charge on any atom is 0.320 e. The van der Waals surface area contributed by atoms with Crippen LogP contribution in [0.5, 0.6) is 0 Å². The zero-order valence-corrected chi connectivity index (χ0v) is 11.3. The molecule has 4 nitrogen and oxygen atoms in total. The van der Waals surface area contributed by atoms with Crippen molar-refractivity contribution in [2.24, 2.45) is 5.41 Å². The molecular formula is C14H22N2O2. The Morgan fingerprint density at radius 1 is 1.50 bits per heavy atom. The highest BCUT2D eigenvalue weighted by atomic mass is 16.4. The van der Waals surface area contributed by atoms with Gasteiger partial charge >= 0.3 is 5.97 Å². The molecule has 0 radical (unpaired) electrons. The fourth-order valence-electron chi connectivity index (χ4n) is 1.63. The second kappa shape index (κ2) is 6.50. The molecule has 0 aliphatic heterocycles. The average Bonchev–Trinajstić information content (AvgIpc) is 2.28. The van der Waals surface area contributed by atoms with Crippen molar-refractivity contribution in [3.8, 4) is 0 Å². The van der Waals surface area contributed by atoms with Crippen LogP contribution in [0.15, 0.2) is 24.5 Å². The highest BCUT2D eigenvalue weighted by molar-refractivity contribution is 5.73. The third kappa shape index (κ3) is 5.77. The predicted molar refractivity (Wildman–Crippen MR) is 71.2 cm³/mol. The molecule has 1 aromatic rings. The molecule has 0 spiro atoms. The average molecular weight is 250 g/mol. The second-order valence-corrected chi connectivity index (χ2v) is 5.73. The van der Waals surface area contributed by atoms with Crippen LogP contribution in [0.1, 0.15) is 39.2 Å². The third-order valence-electron chi connectivity index (χ3n) is 2.76. The molecule has 0 aliphatic rings. The van der Waals surface area contributed by atoms with Gasteiger partial charge in [0.25, 0.3) is 0 Å². The first-order chi connectivity index (χ1) is 8.38.